The highest BCUT2D eigenvalue weighted by Crippen LogP contribution is 2.24. The molecule has 0 spiro atoms. The fraction of sp³-hybridized carbons (Fsp3) is 0.375. The van der Waals surface area contributed by atoms with Crippen molar-refractivity contribution in [1.82, 2.24) is 5.16 Å². The van der Waals surface area contributed by atoms with Gasteiger partial charge in [0.05, 0.1) is 5.69 Å². The maximum Gasteiger partial charge on any atom is 0.261 e. The molecule has 0 atom stereocenters. The lowest BCUT2D eigenvalue weighted by Gasteiger charge is -2.08. The molecule has 2 rings (SSSR count). The van der Waals surface area contributed by atoms with E-state index in [0.29, 0.717) is 34.7 Å². The van der Waals surface area contributed by atoms with Gasteiger partial charge in [-0.05, 0) is 36.6 Å². The van der Waals surface area contributed by atoms with Crippen LogP contribution in [0.1, 0.15) is 54.1 Å². The van der Waals surface area contributed by atoms with Gasteiger partial charge in [-0.1, -0.05) is 25.9 Å². The zero-order valence-electron chi connectivity index (χ0n) is 12.7. The topological polar surface area (TPSA) is 55.1 Å². The normalized spacial score (nSPS) is 11.0. The smallest absolute Gasteiger partial charge is 0.261 e. The largest absolute Gasteiger partial charge is 0.360 e. The number of halogens is 1. The van der Waals surface area contributed by atoms with Gasteiger partial charge >= 0.3 is 0 Å². The highest BCUT2D eigenvalue weighted by atomic mass is 19.1. The minimum atomic E-state index is -0.296. The van der Waals surface area contributed by atoms with Crippen LogP contribution < -0.4 is 5.32 Å². The number of hydrogen-bond donors (Lipinski definition) is 1. The van der Waals surface area contributed by atoms with Crippen LogP contribution in [0.2, 0.25) is 0 Å². The van der Waals surface area contributed by atoms with Gasteiger partial charge in [-0.2, -0.15) is 0 Å². The van der Waals surface area contributed by atoms with Crippen LogP contribution in [0.15, 0.2) is 22.7 Å². The number of nitrogens with one attached hydrogen (secondary N) is 1. The predicted molar refractivity (Wildman–Crippen MR) is 79.1 cm³/mol. The predicted octanol–water partition coefficient (Wildman–Crippen LogP) is 4.06. The number of anilines is 1. The molecular weight excluding hydrogens is 271 g/mol. The molecule has 0 aliphatic carbocycles. The molecule has 1 aromatic heterocycles. The van der Waals surface area contributed by atoms with Crippen molar-refractivity contribution in [2.75, 3.05) is 5.32 Å². The van der Waals surface area contributed by atoms with E-state index in [4.69, 9.17) is 4.52 Å². The van der Waals surface area contributed by atoms with Gasteiger partial charge in [-0.25, -0.2) is 4.39 Å². The second kappa shape index (κ2) is 6.08. The van der Waals surface area contributed by atoms with E-state index in [9.17, 15) is 9.18 Å². The quantitative estimate of drug-likeness (QED) is 0.923. The van der Waals surface area contributed by atoms with Crippen LogP contribution in [0, 0.1) is 12.7 Å². The maximum atomic E-state index is 13.3. The summed E-state index contributed by atoms with van der Waals surface area (Å²) in [5.74, 6) is 0.0812. The van der Waals surface area contributed by atoms with E-state index in [1.54, 1.807) is 13.0 Å². The zero-order chi connectivity index (χ0) is 15.6. The average molecular weight is 290 g/mol. The molecule has 0 aliphatic rings. The second-order valence-electron chi connectivity index (χ2n) is 5.29. The average Bonchev–Trinajstić information content (AvgIpc) is 2.87. The first-order chi connectivity index (χ1) is 9.93. The van der Waals surface area contributed by atoms with E-state index >= 15 is 0 Å². The van der Waals surface area contributed by atoms with Gasteiger partial charge in [0.2, 0.25) is 0 Å². The molecule has 1 aromatic carbocycles. The van der Waals surface area contributed by atoms with E-state index < -0.39 is 0 Å². The van der Waals surface area contributed by atoms with E-state index in [1.807, 2.05) is 20.8 Å². The van der Waals surface area contributed by atoms with Crippen molar-refractivity contribution in [1.29, 1.82) is 0 Å². The molecule has 4 nitrogen and oxygen atoms in total. The van der Waals surface area contributed by atoms with Crippen LogP contribution in [0.3, 0.4) is 0 Å². The Morgan fingerprint density at radius 1 is 1.43 bits per heavy atom. The van der Waals surface area contributed by atoms with Crippen molar-refractivity contribution in [2.24, 2.45) is 0 Å². The Balaban J connectivity index is 2.31. The number of rotatable bonds is 4. The Labute approximate surface area is 123 Å². The Hall–Kier alpha value is -2.17. The number of hydrogen-bond acceptors (Lipinski definition) is 3. The van der Waals surface area contributed by atoms with Gasteiger partial charge in [0.25, 0.3) is 5.91 Å². The third-order valence-electron chi connectivity index (χ3n) is 3.30. The van der Waals surface area contributed by atoms with E-state index in [1.165, 1.54) is 12.1 Å². The number of carbonyl (C=O) groups excluding carboxylic acids is 1. The molecule has 0 aliphatic heterocycles. The molecule has 5 heteroatoms. The number of benzene rings is 1. The summed E-state index contributed by atoms with van der Waals surface area (Å²) in [5, 5.41) is 6.76. The number of nitrogens with zero attached hydrogens (tertiary/aromatic N) is 1. The minimum absolute atomic E-state index is 0.0877. The van der Waals surface area contributed by atoms with Gasteiger partial charge in [0, 0.05) is 12.1 Å². The molecule has 1 N–H and O–H groups in total. The summed E-state index contributed by atoms with van der Waals surface area (Å²) < 4.78 is 18.5. The lowest BCUT2D eigenvalue weighted by Crippen LogP contribution is -2.15. The minimum Gasteiger partial charge on any atom is -0.360 e. The molecular formula is C16H19FN2O2. The van der Waals surface area contributed by atoms with Crippen LogP contribution in [0.5, 0.6) is 0 Å². The van der Waals surface area contributed by atoms with E-state index in [0.717, 1.165) is 0 Å². The van der Waals surface area contributed by atoms with Crippen LogP contribution in [0.25, 0.3) is 0 Å². The standard InChI is InChI=1S/C16H19FN2O2/c1-5-13-14(15(9(2)3)19-21-13)16(20)18-11-6-7-12(17)10(4)8-11/h6-9H,5H2,1-4H3,(H,18,20). The molecule has 0 radical (unpaired) electrons. The second-order valence-corrected chi connectivity index (χ2v) is 5.29. The number of carbonyl (C=O) groups is 1. The molecule has 0 unspecified atom stereocenters. The number of aromatic nitrogens is 1. The van der Waals surface area contributed by atoms with Crippen LogP contribution >= 0.6 is 0 Å². The first kappa shape index (κ1) is 15.2. The van der Waals surface area contributed by atoms with Crippen molar-refractivity contribution >= 4 is 11.6 Å². The van der Waals surface area contributed by atoms with Gasteiger partial charge in [-0.3, -0.25) is 4.79 Å². The fourth-order valence-corrected chi connectivity index (χ4v) is 2.13. The highest BCUT2D eigenvalue weighted by molar-refractivity contribution is 6.05. The van der Waals surface area contributed by atoms with Crippen molar-refractivity contribution in [3.05, 3.63) is 46.6 Å². The molecule has 0 bridgehead atoms. The summed E-state index contributed by atoms with van der Waals surface area (Å²) in [6, 6.07) is 4.47. The summed E-state index contributed by atoms with van der Waals surface area (Å²) in [7, 11) is 0. The lowest BCUT2D eigenvalue weighted by molar-refractivity contribution is 0.102. The van der Waals surface area contributed by atoms with Gasteiger partial charge < -0.3 is 9.84 Å². The van der Waals surface area contributed by atoms with Gasteiger partial charge in [0.15, 0.2) is 0 Å². The molecule has 0 saturated heterocycles. The summed E-state index contributed by atoms with van der Waals surface area (Å²) in [5.41, 5.74) is 2.16. The fourth-order valence-electron chi connectivity index (χ4n) is 2.13. The Bertz CT molecular complexity index is 662. The summed E-state index contributed by atoms with van der Waals surface area (Å²) in [6.07, 6.45) is 0.588. The molecule has 1 amide bonds. The first-order valence-corrected chi connectivity index (χ1v) is 7.00. The first-order valence-electron chi connectivity index (χ1n) is 7.00. The highest BCUT2D eigenvalue weighted by Gasteiger charge is 2.23. The monoisotopic (exact) mass is 290 g/mol. The van der Waals surface area contributed by atoms with Gasteiger partial charge in [-0.15, -0.1) is 0 Å². The molecule has 2 aromatic rings. The third kappa shape index (κ3) is 3.12. The summed E-state index contributed by atoms with van der Waals surface area (Å²) in [6.45, 7) is 7.47. The third-order valence-corrected chi connectivity index (χ3v) is 3.30. The van der Waals surface area contributed by atoms with Gasteiger partial charge in [0.1, 0.15) is 17.1 Å². The van der Waals surface area contributed by atoms with Crippen LogP contribution in [-0.4, -0.2) is 11.1 Å². The molecule has 1 heterocycles. The van der Waals surface area contributed by atoms with Crippen molar-refractivity contribution in [3.8, 4) is 0 Å². The number of amides is 1. The zero-order valence-corrected chi connectivity index (χ0v) is 12.7. The lowest BCUT2D eigenvalue weighted by atomic mass is 10.0. The Kier molecular flexibility index (Phi) is 4.40. The van der Waals surface area contributed by atoms with Crippen molar-refractivity contribution < 1.29 is 13.7 Å². The van der Waals surface area contributed by atoms with E-state index in [2.05, 4.69) is 10.5 Å². The van der Waals surface area contributed by atoms with Crippen molar-refractivity contribution in [3.63, 3.8) is 0 Å². The number of aryl methyl sites for hydroxylation is 2. The molecule has 21 heavy (non-hydrogen) atoms. The Morgan fingerprint density at radius 3 is 2.71 bits per heavy atom. The van der Waals surface area contributed by atoms with Crippen LogP contribution in [-0.2, 0) is 6.42 Å². The summed E-state index contributed by atoms with van der Waals surface area (Å²) >= 11 is 0. The maximum absolute atomic E-state index is 13.3. The SMILES string of the molecule is CCc1onc(C(C)C)c1C(=O)Nc1ccc(F)c(C)c1. The van der Waals surface area contributed by atoms with Crippen molar-refractivity contribution in [2.45, 2.75) is 40.0 Å². The molecule has 0 fully saturated rings. The molecule has 0 saturated carbocycles. The van der Waals surface area contributed by atoms with E-state index in [-0.39, 0.29) is 17.6 Å². The Morgan fingerprint density at radius 2 is 2.14 bits per heavy atom. The van der Waals surface area contributed by atoms with Crippen LogP contribution in [0.4, 0.5) is 10.1 Å². The molecule has 112 valence electrons. The summed E-state index contributed by atoms with van der Waals surface area (Å²) in [4.78, 5) is 12.5.